The Morgan fingerprint density at radius 2 is 2.05 bits per heavy atom. The molecule has 0 fully saturated rings. The van der Waals surface area contributed by atoms with Gasteiger partial charge in [0.1, 0.15) is 0 Å². The standard InChI is InChI=1S/C18H19BrOS/c19-16-6-3-4-13(9-16)8-14(12-20)10-17-11-15-5-1-2-7-18(15)21-17/h1-7,9,14,17,20H,8,10-12H2. The molecule has 1 heterocycles. The van der Waals surface area contributed by atoms with Gasteiger partial charge in [0.2, 0.25) is 0 Å². The zero-order chi connectivity index (χ0) is 14.7. The highest BCUT2D eigenvalue weighted by atomic mass is 79.9. The third-order valence-corrected chi connectivity index (χ3v) is 5.82. The second-order valence-corrected chi connectivity index (χ2v) is 7.93. The molecule has 2 aromatic carbocycles. The van der Waals surface area contributed by atoms with Crippen LogP contribution in [0.1, 0.15) is 17.5 Å². The first kappa shape index (κ1) is 15.1. The molecule has 0 amide bonds. The summed E-state index contributed by atoms with van der Waals surface area (Å²) in [7, 11) is 0. The van der Waals surface area contributed by atoms with Gasteiger partial charge < -0.3 is 5.11 Å². The first-order valence-electron chi connectivity index (χ1n) is 7.34. The molecule has 0 bridgehead atoms. The molecule has 1 N–H and O–H groups in total. The summed E-state index contributed by atoms with van der Waals surface area (Å²) in [5.74, 6) is 0.339. The number of thioether (sulfide) groups is 1. The van der Waals surface area contributed by atoms with Gasteiger partial charge in [-0.15, -0.1) is 11.8 Å². The van der Waals surface area contributed by atoms with Gasteiger partial charge in [-0.1, -0.05) is 46.3 Å². The molecule has 3 rings (SSSR count). The molecule has 0 spiro atoms. The Bertz CT molecular complexity index is 589. The summed E-state index contributed by atoms with van der Waals surface area (Å²) in [6.45, 7) is 0.264. The van der Waals surface area contributed by atoms with Crippen LogP contribution < -0.4 is 0 Å². The topological polar surface area (TPSA) is 20.2 Å². The third-order valence-electron chi connectivity index (χ3n) is 3.98. The van der Waals surface area contributed by atoms with Crippen LogP contribution in [0.5, 0.6) is 0 Å². The lowest BCUT2D eigenvalue weighted by atomic mass is 9.93. The van der Waals surface area contributed by atoms with Crippen LogP contribution >= 0.6 is 27.7 Å². The first-order chi connectivity index (χ1) is 10.2. The molecule has 110 valence electrons. The van der Waals surface area contributed by atoms with Gasteiger partial charge in [0, 0.05) is 21.2 Å². The van der Waals surface area contributed by atoms with Gasteiger partial charge in [-0.25, -0.2) is 0 Å². The number of benzene rings is 2. The van der Waals surface area contributed by atoms with E-state index in [1.165, 1.54) is 16.0 Å². The van der Waals surface area contributed by atoms with Crippen molar-refractivity contribution in [3.63, 3.8) is 0 Å². The zero-order valence-corrected chi connectivity index (χ0v) is 14.2. The van der Waals surface area contributed by atoms with Crippen molar-refractivity contribution in [3.8, 4) is 0 Å². The maximum absolute atomic E-state index is 9.71. The highest BCUT2D eigenvalue weighted by Gasteiger charge is 2.24. The van der Waals surface area contributed by atoms with Gasteiger partial charge in [-0.3, -0.25) is 0 Å². The molecule has 2 aromatic rings. The van der Waals surface area contributed by atoms with Gasteiger partial charge >= 0.3 is 0 Å². The quantitative estimate of drug-likeness (QED) is 0.831. The van der Waals surface area contributed by atoms with E-state index in [9.17, 15) is 5.11 Å². The number of hydrogen-bond acceptors (Lipinski definition) is 2. The molecule has 0 saturated carbocycles. The predicted octanol–water partition coefficient (Wildman–Crippen LogP) is 4.71. The Hall–Kier alpha value is -0.770. The number of aliphatic hydroxyl groups is 1. The number of hydrogen-bond donors (Lipinski definition) is 1. The fraction of sp³-hybridized carbons (Fsp3) is 0.333. The molecule has 2 unspecified atom stereocenters. The molecule has 0 aromatic heterocycles. The van der Waals surface area contributed by atoms with Crippen LogP contribution in [0.2, 0.25) is 0 Å². The third kappa shape index (κ3) is 3.91. The van der Waals surface area contributed by atoms with E-state index in [0.29, 0.717) is 11.2 Å². The van der Waals surface area contributed by atoms with Crippen LogP contribution in [-0.4, -0.2) is 17.0 Å². The van der Waals surface area contributed by atoms with Gasteiger partial charge in [0.25, 0.3) is 0 Å². The highest BCUT2D eigenvalue weighted by Crippen LogP contribution is 2.39. The number of fused-ring (bicyclic) bond motifs is 1. The van der Waals surface area contributed by atoms with Gasteiger partial charge in [0.05, 0.1) is 0 Å². The van der Waals surface area contributed by atoms with E-state index >= 15 is 0 Å². The molecule has 2 atom stereocenters. The average molecular weight is 363 g/mol. The lowest BCUT2D eigenvalue weighted by Crippen LogP contribution is -2.16. The summed E-state index contributed by atoms with van der Waals surface area (Å²) in [6.07, 6.45) is 3.15. The van der Waals surface area contributed by atoms with Gasteiger partial charge in [-0.2, -0.15) is 0 Å². The molecule has 1 aliphatic heterocycles. The van der Waals surface area contributed by atoms with E-state index in [1.54, 1.807) is 0 Å². The Balaban J connectivity index is 1.61. The molecule has 1 aliphatic rings. The minimum absolute atomic E-state index is 0.264. The molecular weight excluding hydrogens is 344 g/mol. The van der Waals surface area contributed by atoms with Crippen molar-refractivity contribution in [3.05, 3.63) is 64.1 Å². The molecular formula is C18H19BrOS. The first-order valence-corrected chi connectivity index (χ1v) is 9.01. The minimum Gasteiger partial charge on any atom is -0.396 e. The summed E-state index contributed by atoms with van der Waals surface area (Å²) >= 11 is 5.49. The van der Waals surface area contributed by atoms with E-state index < -0.39 is 0 Å². The minimum atomic E-state index is 0.264. The van der Waals surface area contributed by atoms with Crippen LogP contribution in [0.25, 0.3) is 0 Å². The molecule has 0 radical (unpaired) electrons. The Labute approximate surface area is 138 Å². The molecule has 21 heavy (non-hydrogen) atoms. The van der Waals surface area contributed by atoms with Crippen molar-refractivity contribution < 1.29 is 5.11 Å². The Morgan fingerprint density at radius 3 is 2.81 bits per heavy atom. The van der Waals surface area contributed by atoms with E-state index in [-0.39, 0.29) is 6.61 Å². The molecule has 1 nitrogen and oxygen atoms in total. The number of rotatable bonds is 5. The van der Waals surface area contributed by atoms with Crippen molar-refractivity contribution in [2.45, 2.75) is 29.4 Å². The van der Waals surface area contributed by atoms with Crippen molar-refractivity contribution >= 4 is 27.7 Å². The molecule has 0 aliphatic carbocycles. The van der Waals surface area contributed by atoms with Crippen molar-refractivity contribution in [2.24, 2.45) is 5.92 Å². The maximum Gasteiger partial charge on any atom is 0.0462 e. The van der Waals surface area contributed by atoms with Crippen LogP contribution in [0, 0.1) is 5.92 Å². The van der Waals surface area contributed by atoms with Crippen LogP contribution in [0.4, 0.5) is 0 Å². The smallest absolute Gasteiger partial charge is 0.0462 e. The largest absolute Gasteiger partial charge is 0.396 e. The van der Waals surface area contributed by atoms with E-state index in [4.69, 9.17) is 0 Å². The lowest BCUT2D eigenvalue weighted by molar-refractivity contribution is 0.217. The monoisotopic (exact) mass is 362 g/mol. The van der Waals surface area contributed by atoms with E-state index in [1.807, 2.05) is 17.8 Å². The average Bonchev–Trinajstić information content (AvgIpc) is 2.89. The summed E-state index contributed by atoms with van der Waals surface area (Å²) in [6, 6.07) is 17.1. The predicted molar refractivity (Wildman–Crippen MR) is 92.8 cm³/mol. The fourth-order valence-corrected chi connectivity index (χ4v) is 4.87. The summed E-state index contributed by atoms with van der Waals surface area (Å²) < 4.78 is 1.11. The van der Waals surface area contributed by atoms with E-state index in [2.05, 4.69) is 58.4 Å². The number of aliphatic hydroxyl groups excluding tert-OH is 1. The second-order valence-electron chi connectivity index (χ2n) is 5.67. The Kier molecular flexibility index (Phi) is 5.04. The van der Waals surface area contributed by atoms with Gasteiger partial charge in [0.15, 0.2) is 0 Å². The molecule has 3 heteroatoms. The molecule has 0 saturated heterocycles. The summed E-state index contributed by atoms with van der Waals surface area (Å²) in [4.78, 5) is 1.42. The van der Waals surface area contributed by atoms with E-state index in [0.717, 1.165) is 23.7 Å². The van der Waals surface area contributed by atoms with Crippen molar-refractivity contribution in [1.82, 2.24) is 0 Å². The number of halogens is 1. The maximum atomic E-state index is 9.71. The highest BCUT2D eigenvalue weighted by molar-refractivity contribution is 9.10. The summed E-state index contributed by atoms with van der Waals surface area (Å²) in [5, 5.41) is 10.3. The normalized spacial score (nSPS) is 18.5. The second kappa shape index (κ2) is 6.99. The van der Waals surface area contributed by atoms with Gasteiger partial charge in [-0.05, 0) is 54.5 Å². The summed E-state index contributed by atoms with van der Waals surface area (Å²) in [5.41, 5.74) is 2.76. The van der Waals surface area contributed by atoms with Crippen LogP contribution in [0.15, 0.2) is 57.9 Å². The van der Waals surface area contributed by atoms with Crippen molar-refractivity contribution in [1.29, 1.82) is 0 Å². The SMILES string of the molecule is OCC(Cc1cccc(Br)c1)CC1Cc2ccccc2S1. The fourth-order valence-electron chi connectivity index (χ4n) is 2.98. The van der Waals surface area contributed by atoms with Crippen molar-refractivity contribution in [2.75, 3.05) is 6.61 Å². The van der Waals surface area contributed by atoms with Crippen LogP contribution in [-0.2, 0) is 12.8 Å². The van der Waals surface area contributed by atoms with Crippen LogP contribution in [0.3, 0.4) is 0 Å². The Morgan fingerprint density at radius 1 is 1.19 bits per heavy atom. The zero-order valence-electron chi connectivity index (χ0n) is 11.8. The lowest BCUT2D eigenvalue weighted by Gasteiger charge is -2.18.